The lowest BCUT2D eigenvalue weighted by molar-refractivity contribution is -0.153. The summed E-state index contributed by atoms with van der Waals surface area (Å²) in [5.74, 6) is -0.0612. The van der Waals surface area contributed by atoms with Gasteiger partial charge in [0.25, 0.3) is 0 Å². The molecule has 0 N–H and O–H groups in total. The molecule has 2 aliphatic rings. The maximum atomic E-state index is 11.7. The number of hydrogen-bond donors (Lipinski definition) is 0. The molecule has 0 spiro atoms. The Morgan fingerprint density at radius 3 is 2.53 bits per heavy atom. The van der Waals surface area contributed by atoms with Crippen LogP contribution in [0.3, 0.4) is 0 Å². The van der Waals surface area contributed by atoms with Crippen LogP contribution in [0.4, 0.5) is 0 Å². The van der Waals surface area contributed by atoms with Crippen molar-refractivity contribution in [2.24, 2.45) is 0 Å². The van der Waals surface area contributed by atoms with Crippen LogP contribution < -0.4 is 0 Å². The van der Waals surface area contributed by atoms with Crippen molar-refractivity contribution in [1.82, 2.24) is 4.90 Å². The van der Waals surface area contributed by atoms with Gasteiger partial charge in [0.15, 0.2) is 0 Å². The summed E-state index contributed by atoms with van der Waals surface area (Å²) in [5.41, 5.74) is 0.0312. The third-order valence-electron chi connectivity index (χ3n) is 4.10. The number of likely N-dealkylation sites (tertiary alicyclic amines) is 1. The molecule has 1 heterocycles. The van der Waals surface area contributed by atoms with Gasteiger partial charge in [-0.25, -0.2) is 0 Å². The summed E-state index contributed by atoms with van der Waals surface area (Å²) >= 11 is 0. The van der Waals surface area contributed by atoms with E-state index in [4.69, 9.17) is 9.47 Å². The van der Waals surface area contributed by atoms with E-state index in [-0.39, 0.29) is 11.5 Å². The van der Waals surface area contributed by atoms with Crippen LogP contribution in [0.15, 0.2) is 0 Å². The van der Waals surface area contributed by atoms with Gasteiger partial charge in [0.1, 0.15) is 0 Å². The topological polar surface area (TPSA) is 38.8 Å². The number of carbonyl (C=O) groups is 1. The largest absolute Gasteiger partial charge is 0.466 e. The van der Waals surface area contributed by atoms with Gasteiger partial charge in [0, 0.05) is 12.6 Å². The molecule has 0 aromatic heterocycles. The average molecular weight is 241 g/mol. The molecule has 0 radical (unpaired) electrons. The highest BCUT2D eigenvalue weighted by atomic mass is 16.5. The minimum Gasteiger partial charge on any atom is -0.466 e. The summed E-state index contributed by atoms with van der Waals surface area (Å²) in [7, 11) is 1.75. The maximum Gasteiger partial charge on any atom is 0.307 e. The Morgan fingerprint density at radius 1 is 1.35 bits per heavy atom. The maximum absolute atomic E-state index is 11.7. The molecule has 98 valence electrons. The first-order chi connectivity index (χ1) is 8.20. The summed E-state index contributed by atoms with van der Waals surface area (Å²) in [4.78, 5) is 14.2. The molecule has 1 saturated carbocycles. The Hall–Kier alpha value is -0.610. The third kappa shape index (κ3) is 2.63. The highest BCUT2D eigenvalue weighted by Crippen LogP contribution is 2.44. The number of methoxy groups -OCH3 is 1. The van der Waals surface area contributed by atoms with Gasteiger partial charge < -0.3 is 9.47 Å². The smallest absolute Gasteiger partial charge is 0.307 e. The molecule has 0 aromatic carbocycles. The number of carbonyl (C=O) groups excluding carboxylic acids is 1. The first-order valence-corrected chi connectivity index (χ1v) is 6.63. The van der Waals surface area contributed by atoms with Crippen molar-refractivity contribution in [3.63, 3.8) is 0 Å². The van der Waals surface area contributed by atoms with Crippen LogP contribution >= 0.6 is 0 Å². The van der Waals surface area contributed by atoms with Crippen LogP contribution in [0.25, 0.3) is 0 Å². The molecular formula is C13H23NO3. The fourth-order valence-corrected chi connectivity index (χ4v) is 3.14. The molecule has 0 aromatic rings. The van der Waals surface area contributed by atoms with Crippen molar-refractivity contribution in [3.05, 3.63) is 0 Å². The predicted octanol–water partition coefficient (Wildman–Crippen LogP) is 1.58. The van der Waals surface area contributed by atoms with E-state index in [9.17, 15) is 4.79 Å². The molecule has 0 amide bonds. The van der Waals surface area contributed by atoms with E-state index in [1.54, 1.807) is 7.11 Å². The third-order valence-corrected chi connectivity index (χ3v) is 4.10. The SMILES string of the molecule is CCOC(=O)CC1(N2CCCC2)CC(OC)C1. The van der Waals surface area contributed by atoms with E-state index < -0.39 is 0 Å². The van der Waals surface area contributed by atoms with Crippen LogP contribution in [0, 0.1) is 0 Å². The van der Waals surface area contributed by atoms with Crippen LogP contribution in [0.1, 0.15) is 39.0 Å². The molecule has 0 atom stereocenters. The van der Waals surface area contributed by atoms with E-state index in [1.807, 2.05) is 6.92 Å². The average Bonchev–Trinajstić information content (AvgIpc) is 2.76. The highest BCUT2D eigenvalue weighted by Gasteiger charge is 2.50. The minimum absolute atomic E-state index is 0.0312. The Kier molecular flexibility index (Phi) is 4.05. The van der Waals surface area contributed by atoms with Crippen molar-refractivity contribution in [1.29, 1.82) is 0 Å². The van der Waals surface area contributed by atoms with E-state index in [0.717, 1.165) is 25.9 Å². The molecule has 2 rings (SSSR count). The quantitative estimate of drug-likeness (QED) is 0.685. The Labute approximate surface area is 103 Å². The molecule has 1 saturated heterocycles. The van der Waals surface area contributed by atoms with Gasteiger partial charge in [0.05, 0.1) is 19.1 Å². The van der Waals surface area contributed by atoms with Crippen LogP contribution in [0.5, 0.6) is 0 Å². The van der Waals surface area contributed by atoms with E-state index in [1.165, 1.54) is 12.8 Å². The number of rotatable bonds is 5. The van der Waals surface area contributed by atoms with Crippen molar-refractivity contribution < 1.29 is 14.3 Å². The van der Waals surface area contributed by atoms with Crippen LogP contribution in [-0.4, -0.2) is 49.3 Å². The Bertz CT molecular complexity index is 268. The number of hydrogen-bond acceptors (Lipinski definition) is 4. The fraction of sp³-hybridized carbons (Fsp3) is 0.923. The number of esters is 1. The minimum atomic E-state index is -0.0612. The molecule has 0 bridgehead atoms. The molecular weight excluding hydrogens is 218 g/mol. The Morgan fingerprint density at radius 2 is 2.00 bits per heavy atom. The van der Waals surface area contributed by atoms with Crippen molar-refractivity contribution in [3.8, 4) is 0 Å². The van der Waals surface area contributed by atoms with Gasteiger partial charge in [0.2, 0.25) is 0 Å². The van der Waals surface area contributed by atoms with Gasteiger partial charge in [-0.15, -0.1) is 0 Å². The summed E-state index contributed by atoms with van der Waals surface area (Å²) < 4.78 is 10.5. The number of ether oxygens (including phenoxy) is 2. The molecule has 4 nitrogen and oxygen atoms in total. The second-order valence-electron chi connectivity index (χ2n) is 5.17. The molecule has 17 heavy (non-hydrogen) atoms. The zero-order chi connectivity index (χ0) is 12.3. The first kappa shape index (κ1) is 12.8. The van der Waals surface area contributed by atoms with Crippen molar-refractivity contribution in [2.75, 3.05) is 26.8 Å². The number of nitrogens with zero attached hydrogens (tertiary/aromatic N) is 1. The zero-order valence-corrected chi connectivity index (χ0v) is 10.9. The fourth-order valence-electron chi connectivity index (χ4n) is 3.14. The molecule has 0 unspecified atom stereocenters. The summed E-state index contributed by atoms with van der Waals surface area (Å²) in [5, 5.41) is 0. The molecule has 4 heteroatoms. The first-order valence-electron chi connectivity index (χ1n) is 6.63. The summed E-state index contributed by atoms with van der Waals surface area (Å²) in [6, 6.07) is 0. The van der Waals surface area contributed by atoms with Gasteiger partial charge in [-0.05, 0) is 45.7 Å². The van der Waals surface area contributed by atoms with E-state index in [0.29, 0.717) is 19.1 Å². The highest BCUT2D eigenvalue weighted by molar-refractivity contribution is 5.71. The van der Waals surface area contributed by atoms with Crippen LogP contribution in [0.2, 0.25) is 0 Å². The Balaban J connectivity index is 1.96. The van der Waals surface area contributed by atoms with E-state index in [2.05, 4.69) is 4.90 Å². The molecule has 2 fully saturated rings. The predicted molar refractivity (Wildman–Crippen MR) is 64.8 cm³/mol. The zero-order valence-electron chi connectivity index (χ0n) is 10.9. The van der Waals surface area contributed by atoms with Gasteiger partial charge in [-0.1, -0.05) is 0 Å². The van der Waals surface area contributed by atoms with Crippen LogP contribution in [-0.2, 0) is 14.3 Å². The normalized spacial score (nSPS) is 33.4. The lowest BCUT2D eigenvalue weighted by Gasteiger charge is -2.52. The van der Waals surface area contributed by atoms with Gasteiger partial charge in [-0.2, -0.15) is 0 Å². The second kappa shape index (κ2) is 5.36. The lowest BCUT2D eigenvalue weighted by Crippen LogP contribution is -2.60. The monoisotopic (exact) mass is 241 g/mol. The standard InChI is InChI=1S/C13H23NO3/c1-3-17-12(15)10-13(8-11(9-13)16-2)14-6-4-5-7-14/h11H,3-10H2,1-2H3. The molecule has 1 aliphatic carbocycles. The van der Waals surface area contributed by atoms with Crippen molar-refractivity contribution in [2.45, 2.75) is 50.7 Å². The van der Waals surface area contributed by atoms with Gasteiger partial charge >= 0.3 is 5.97 Å². The van der Waals surface area contributed by atoms with Crippen molar-refractivity contribution >= 4 is 5.97 Å². The summed E-state index contributed by atoms with van der Waals surface area (Å²) in [6.45, 7) is 4.58. The van der Waals surface area contributed by atoms with E-state index >= 15 is 0 Å². The molecule has 1 aliphatic heterocycles. The van der Waals surface area contributed by atoms with Gasteiger partial charge in [-0.3, -0.25) is 9.69 Å². The lowest BCUT2D eigenvalue weighted by atomic mass is 9.70. The second-order valence-corrected chi connectivity index (χ2v) is 5.17. The summed E-state index contributed by atoms with van der Waals surface area (Å²) in [6.07, 6.45) is 5.31.